The van der Waals surface area contributed by atoms with E-state index in [0.29, 0.717) is 0 Å². The number of rotatable bonds is 1. The van der Waals surface area contributed by atoms with Gasteiger partial charge in [0.25, 0.3) is 0 Å². The van der Waals surface area contributed by atoms with E-state index in [0.717, 1.165) is 26.1 Å². The molecule has 1 aliphatic rings. The molecule has 1 aliphatic heterocycles. The lowest BCUT2D eigenvalue weighted by atomic mass is 10.1. The van der Waals surface area contributed by atoms with Crippen molar-refractivity contribution in [3.63, 3.8) is 0 Å². The molecule has 0 saturated carbocycles. The standard InChI is InChI=1S/C7H13N3O.C2H6/c1-9-7(8)10-6-2-4-11-5-3-6;1-2/h6H,1-5H2,(H2,8,10);1-2H3. The van der Waals surface area contributed by atoms with Gasteiger partial charge in [-0.25, -0.2) is 9.98 Å². The Balaban J connectivity index is 0.000000671. The van der Waals surface area contributed by atoms with Gasteiger partial charge in [-0.15, -0.1) is 0 Å². The fourth-order valence-corrected chi connectivity index (χ4v) is 1.04. The lowest BCUT2D eigenvalue weighted by Crippen LogP contribution is -2.22. The van der Waals surface area contributed by atoms with Gasteiger partial charge in [-0.2, -0.15) is 0 Å². The van der Waals surface area contributed by atoms with Crippen molar-refractivity contribution < 1.29 is 4.74 Å². The van der Waals surface area contributed by atoms with Gasteiger partial charge in [-0.3, -0.25) is 0 Å². The first-order valence-electron chi connectivity index (χ1n) is 4.70. The summed E-state index contributed by atoms with van der Waals surface area (Å²) >= 11 is 0. The van der Waals surface area contributed by atoms with Gasteiger partial charge >= 0.3 is 0 Å². The summed E-state index contributed by atoms with van der Waals surface area (Å²) in [7, 11) is 0. The van der Waals surface area contributed by atoms with E-state index in [1.54, 1.807) is 0 Å². The summed E-state index contributed by atoms with van der Waals surface area (Å²) in [6.07, 6.45) is 1.88. The molecule has 0 aromatic heterocycles. The van der Waals surface area contributed by atoms with Crippen LogP contribution in [0, 0.1) is 0 Å². The highest BCUT2D eigenvalue weighted by molar-refractivity contribution is 5.82. The number of guanidine groups is 1. The van der Waals surface area contributed by atoms with E-state index < -0.39 is 0 Å². The zero-order valence-corrected chi connectivity index (χ0v) is 8.49. The zero-order chi connectivity index (χ0) is 10.1. The van der Waals surface area contributed by atoms with Crippen LogP contribution in [0.4, 0.5) is 0 Å². The minimum Gasteiger partial charge on any atom is -0.381 e. The average Bonchev–Trinajstić information content (AvgIpc) is 2.22. The summed E-state index contributed by atoms with van der Waals surface area (Å²) in [5, 5.41) is 0. The number of hydrogen-bond acceptors (Lipinski definition) is 2. The van der Waals surface area contributed by atoms with E-state index >= 15 is 0 Å². The highest BCUT2D eigenvalue weighted by Crippen LogP contribution is 2.09. The number of hydrogen-bond donors (Lipinski definition) is 1. The fourth-order valence-electron chi connectivity index (χ4n) is 1.04. The van der Waals surface area contributed by atoms with Gasteiger partial charge in [-0.05, 0) is 19.6 Å². The Kier molecular flexibility index (Phi) is 7.20. The lowest BCUT2D eigenvalue weighted by molar-refractivity contribution is 0.0871. The summed E-state index contributed by atoms with van der Waals surface area (Å²) in [6, 6.07) is 0.286. The average molecular weight is 185 g/mol. The highest BCUT2D eigenvalue weighted by Gasteiger charge is 2.11. The Bertz CT molecular complexity index is 162. The monoisotopic (exact) mass is 185 g/mol. The molecule has 0 radical (unpaired) electrons. The van der Waals surface area contributed by atoms with Crippen LogP contribution in [0.25, 0.3) is 0 Å². The quantitative estimate of drug-likeness (QED) is 0.493. The van der Waals surface area contributed by atoms with Crippen LogP contribution in [0.3, 0.4) is 0 Å². The molecule has 1 heterocycles. The molecule has 4 heteroatoms. The first-order chi connectivity index (χ1) is 6.33. The summed E-state index contributed by atoms with van der Waals surface area (Å²) in [5.41, 5.74) is 5.38. The van der Waals surface area contributed by atoms with Crippen molar-refractivity contribution in [3.8, 4) is 0 Å². The summed E-state index contributed by atoms with van der Waals surface area (Å²) in [6.45, 7) is 8.84. The molecule has 0 spiro atoms. The molecule has 0 unspecified atom stereocenters. The largest absolute Gasteiger partial charge is 0.381 e. The van der Waals surface area contributed by atoms with Crippen molar-refractivity contribution in [1.82, 2.24) is 0 Å². The van der Waals surface area contributed by atoms with Crippen LogP contribution in [0.1, 0.15) is 26.7 Å². The second-order valence-electron chi connectivity index (χ2n) is 2.49. The molecule has 13 heavy (non-hydrogen) atoms. The fraction of sp³-hybridized carbons (Fsp3) is 0.778. The van der Waals surface area contributed by atoms with Gasteiger partial charge in [0.05, 0.1) is 6.04 Å². The third-order valence-corrected chi connectivity index (χ3v) is 1.67. The Labute approximate surface area is 79.9 Å². The number of nitrogens with zero attached hydrogens (tertiary/aromatic N) is 2. The molecule has 4 nitrogen and oxygen atoms in total. The Hall–Kier alpha value is -0.900. The molecule has 0 bridgehead atoms. The van der Waals surface area contributed by atoms with Gasteiger partial charge < -0.3 is 10.5 Å². The van der Waals surface area contributed by atoms with Gasteiger partial charge in [0.15, 0.2) is 0 Å². The minimum atomic E-state index is 0.286. The lowest BCUT2D eigenvalue weighted by Gasteiger charge is -2.17. The smallest absolute Gasteiger partial charge is 0.214 e. The van der Waals surface area contributed by atoms with Crippen LogP contribution in [-0.4, -0.2) is 31.9 Å². The minimum absolute atomic E-state index is 0.286. The van der Waals surface area contributed by atoms with Gasteiger partial charge in [-0.1, -0.05) is 13.8 Å². The highest BCUT2D eigenvalue weighted by atomic mass is 16.5. The van der Waals surface area contributed by atoms with Crippen LogP contribution in [0.15, 0.2) is 9.98 Å². The van der Waals surface area contributed by atoms with Crippen LogP contribution >= 0.6 is 0 Å². The molecule has 0 aromatic carbocycles. The maximum absolute atomic E-state index is 5.38. The van der Waals surface area contributed by atoms with E-state index in [1.165, 1.54) is 0 Å². The molecule has 1 saturated heterocycles. The topological polar surface area (TPSA) is 60.0 Å². The summed E-state index contributed by atoms with van der Waals surface area (Å²) in [5.74, 6) is 0.289. The summed E-state index contributed by atoms with van der Waals surface area (Å²) in [4.78, 5) is 7.66. The van der Waals surface area contributed by atoms with E-state index in [9.17, 15) is 0 Å². The van der Waals surface area contributed by atoms with Gasteiger partial charge in [0.1, 0.15) is 0 Å². The predicted octanol–water partition coefficient (Wildman–Crippen LogP) is 1.21. The number of aliphatic imine (C=N–C) groups is 2. The molecular weight excluding hydrogens is 166 g/mol. The van der Waals surface area contributed by atoms with Crippen molar-refractivity contribution >= 4 is 12.7 Å². The number of ether oxygens (including phenoxy) is 1. The van der Waals surface area contributed by atoms with Crippen molar-refractivity contribution in [2.24, 2.45) is 15.7 Å². The molecule has 1 rings (SSSR count). The van der Waals surface area contributed by atoms with E-state index in [4.69, 9.17) is 10.5 Å². The maximum Gasteiger partial charge on any atom is 0.214 e. The van der Waals surface area contributed by atoms with Crippen molar-refractivity contribution in [2.45, 2.75) is 32.7 Å². The molecule has 1 fully saturated rings. The SMILES string of the molecule is C=NC(N)=NC1CCOCC1.CC. The Morgan fingerprint density at radius 3 is 2.38 bits per heavy atom. The van der Waals surface area contributed by atoms with Crippen molar-refractivity contribution in [2.75, 3.05) is 13.2 Å². The first kappa shape index (κ1) is 12.1. The molecular formula is C9H19N3O. The maximum atomic E-state index is 5.38. The third kappa shape index (κ3) is 5.36. The molecule has 2 N–H and O–H groups in total. The Morgan fingerprint density at radius 1 is 1.38 bits per heavy atom. The van der Waals surface area contributed by atoms with E-state index in [-0.39, 0.29) is 12.0 Å². The summed E-state index contributed by atoms with van der Waals surface area (Å²) < 4.78 is 5.16. The van der Waals surface area contributed by atoms with Crippen molar-refractivity contribution in [3.05, 3.63) is 0 Å². The van der Waals surface area contributed by atoms with Gasteiger partial charge in [0, 0.05) is 13.2 Å². The Morgan fingerprint density at radius 2 is 1.92 bits per heavy atom. The normalized spacial score (nSPS) is 18.8. The van der Waals surface area contributed by atoms with Crippen LogP contribution in [0.5, 0.6) is 0 Å². The van der Waals surface area contributed by atoms with Crippen molar-refractivity contribution in [1.29, 1.82) is 0 Å². The predicted molar refractivity (Wildman–Crippen MR) is 56.4 cm³/mol. The second-order valence-corrected chi connectivity index (χ2v) is 2.49. The number of nitrogens with two attached hydrogens (primary N) is 1. The molecule has 76 valence electrons. The zero-order valence-electron chi connectivity index (χ0n) is 8.49. The van der Waals surface area contributed by atoms with Crippen LogP contribution in [-0.2, 0) is 4.74 Å². The third-order valence-electron chi connectivity index (χ3n) is 1.67. The van der Waals surface area contributed by atoms with E-state index in [2.05, 4.69) is 16.7 Å². The molecule has 0 atom stereocenters. The van der Waals surface area contributed by atoms with Crippen LogP contribution < -0.4 is 5.73 Å². The molecule has 0 aromatic rings. The second kappa shape index (κ2) is 7.73. The van der Waals surface area contributed by atoms with Gasteiger partial charge in [0.2, 0.25) is 5.96 Å². The molecule has 0 amide bonds. The first-order valence-corrected chi connectivity index (χ1v) is 4.70. The molecule has 0 aliphatic carbocycles. The van der Waals surface area contributed by atoms with Crippen LogP contribution in [0.2, 0.25) is 0 Å². The van der Waals surface area contributed by atoms with E-state index in [1.807, 2.05) is 13.8 Å².